The zero-order chi connectivity index (χ0) is 17.6. The maximum absolute atomic E-state index is 11.2. The largest absolute Gasteiger partial charge is 0.493 e. The van der Waals surface area contributed by atoms with Crippen LogP contribution in [0.4, 0.5) is 0 Å². The number of benzene rings is 1. The molecule has 6 nitrogen and oxygen atoms in total. The zero-order valence-corrected chi connectivity index (χ0v) is 14.7. The number of pyridine rings is 1. The van der Waals surface area contributed by atoms with Gasteiger partial charge in [0.1, 0.15) is 5.35 Å². The summed E-state index contributed by atoms with van der Waals surface area (Å²) in [6.45, 7) is 0. The van der Waals surface area contributed by atoms with Crippen molar-refractivity contribution in [2.45, 2.75) is 0 Å². The zero-order valence-electron chi connectivity index (χ0n) is 12.3. The molecule has 25 heavy (non-hydrogen) atoms. The highest BCUT2D eigenvalue weighted by Gasteiger charge is 2.07. The second-order valence-electron chi connectivity index (χ2n) is 5.15. The lowest BCUT2D eigenvalue weighted by atomic mass is 10.3. The molecule has 0 saturated heterocycles. The van der Waals surface area contributed by atoms with Crippen molar-refractivity contribution in [1.29, 1.82) is 0 Å². The van der Waals surface area contributed by atoms with E-state index in [0.29, 0.717) is 36.8 Å². The fourth-order valence-corrected chi connectivity index (χ4v) is 3.28. The van der Waals surface area contributed by atoms with Crippen molar-refractivity contribution in [3.63, 3.8) is 0 Å². The van der Waals surface area contributed by atoms with Crippen molar-refractivity contribution in [3.8, 4) is 5.88 Å². The topological polar surface area (TPSA) is 90.7 Å². The van der Waals surface area contributed by atoms with Crippen molar-refractivity contribution in [1.82, 2.24) is 9.97 Å². The van der Waals surface area contributed by atoms with Gasteiger partial charge in [0.25, 0.3) is 0 Å². The summed E-state index contributed by atoms with van der Waals surface area (Å²) in [7, 11) is 0. The third kappa shape index (κ3) is 3.09. The van der Waals surface area contributed by atoms with Gasteiger partial charge in [-0.15, -0.1) is 0 Å². The number of halogens is 2. The Labute approximate surface area is 153 Å². The van der Waals surface area contributed by atoms with E-state index in [1.165, 1.54) is 0 Å². The van der Waals surface area contributed by atoms with Gasteiger partial charge in [-0.05, 0) is 29.5 Å². The van der Waals surface area contributed by atoms with E-state index in [1.54, 1.807) is 36.5 Å². The van der Waals surface area contributed by atoms with E-state index in [1.807, 2.05) is 0 Å². The molecule has 0 radical (unpaired) electrons. The average Bonchev–Trinajstić information content (AvgIpc) is 3.11. The van der Waals surface area contributed by atoms with Crippen LogP contribution in [0.15, 0.2) is 45.2 Å². The molecule has 0 spiro atoms. The Morgan fingerprint density at radius 2 is 1.80 bits per heavy atom. The summed E-state index contributed by atoms with van der Waals surface area (Å²) in [5, 5.41) is 13.1. The molecular formula is C16H8Cl2N4O2S. The van der Waals surface area contributed by atoms with E-state index in [4.69, 9.17) is 23.2 Å². The number of aromatic nitrogens is 2. The molecule has 1 aliphatic heterocycles. The molecule has 0 saturated carbocycles. The molecule has 0 aliphatic carbocycles. The highest BCUT2D eigenvalue weighted by molar-refractivity contribution is 7.10. The molecule has 2 aromatic heterocycles. The van der Waals surface area contributed by atoms with Crippen LogP contribution in [0.3, 0.4) is 0 Å². The highest BCUT2D eigenvalue weighted by Crippen LogP contribution is 2.17. The second-order valence-corrected chi connectivity index (χ2v) is 6.98. The first-order chi connectivity index (χ1) is 12.0. The second kappa shape index (κ2) is 6.11. The predicted molar refractivity (Wildman–Crippen MR) is 95.8 cm³/mol. The summed E-state index contributed by atoms with van der Waals surface area (Å²) in [6.07, 6.45) is 3.27. The van der Waals surface area contributed by atoms with Gasteiger partial charge in [-0.3, -0.25) is 14.8 Å². The minimum atomic E-state index is -0.317. The fourth-order valence-electron chi connectivity index (χ4n) is 2.28. The van der Waals surface area contributed by atoms with Gasteiger partial charge in [0.05, 0.1) is 25.6 Å². The minimum Gasteiger partial charge on any atom is -0.493 e. The Morgan fingerprint density at radius 3 is 2.32 bits per heavy atom. The van der Waals surface area contributed by atoms with Crippen LogP contribution in [0.25, 0.3) is 11.9 Å². The molecule has 0 bridgehead atoms. The van der Waals surface area contributed by atoms with Crippen molar-refractivity contribution in [2.24, 2.45) is 9.98 Å². The molecule has 2 N–H and O–H groups in total. The Kier molecular flexibility index (Phi) is 3.91. The molecule has 3 heterocycles. The number of hydrogen-bond acceptors (Lipinski definition) is 6. The smallest absolute Gasteiger partial charge is 0.307 e. The van der Waals surface area contributed by atoms with Crippen molar-refractivity contribution < 1.29 is 5.11 Å². The van der Waals surface area contributed by atoms with Gasteiger partial charge < -0.3 is 5.11 Å². The number of nitrogens with zero attached hydrogens (tertiary/aromatic N) is 3. The molecule has 124 valence electrons. The van der Waals surface area contributed by atoms with E-state index in [0.717, 1.165) is 16.6 Å². The van der Waals surface area contributed by atoms with Gasteiger partial charge in [0, 0.05) is 6.20 Å². The number of rotatable bonds is 1. The molecule has 1 aliphatic rings. The van der Waals surface area contributed by atoms with Crippen LogP contribution in [-0.4, -0.2) is 15.1 Å². The fraction of sp³-hybridized carbons (Fsp3) is 0. The van der Waals surface area contributed by atoms with Crippen LogP contribution in [0, 0.1) is 0 Å². The van der Waals surface area contributed by atoms with Crippen molar-refractivity contribution >= 4 is 46.4 Å². The van der Waals surface area contributed by atoms with Crippen LogP contribution >= 0.6 is 34.5 Å². The third-order valence-electron chi connectivity index (χ3n) is 3.44. The number of thiazole rings is 1. The number of aromatic amines is 1. The Balaban J connectivity index is 1.81. The minimum absolute atomic E-state index is 0.154. The summed E-state index contributed by atoms with van der Waals surface area (Å²) in [4.78, 5) is 26.8. The normalized spacial score (nSPS) is 13.5. The van der Waals surface area contributed by atoms with Crippen molar-refractivity contribution in [2.75, 3.05) is 0 Å². The van der Waals surface area contributed by atoms with Crippen LogP contribution in [0.1, 0.15) is 4.88 Å². The molecule has 4 rings (SSSR count). The Bertz CT molecular complexity index is 1240. The quantitative estimate of drug-likeness (QED) is 0.640. The van der Waals surface area contributed by atoms with Gasteiger partial charge in [0.2, 0.25) is 5.88 Å². The lowest BCUT2D eigenvalue weighted by molar-refractivity contribution is 0.455. The molecule has 0 atom stereocenters. The average molecular weight is 391 g/mol. The molecule has 0 unspecified atom stereocenters. The van der Waals surface area contributed by atoms with Crippen LogP contribution in [0.5, 0.6) is 5.88 Å². The Hall–Kier alpha value is -2.48. The summed E-state index contributed by atoms with van der Waals surface area (Å²) in [5.74, 6) is 0.312. The van der Waals surface area contributed by atoms with Gasteiger partial charge in [-0.1, -0.05) is 40.6 Å². The SMILES string of the molecule is O=c1[nH]c(O)c(C=c2ccc(=C3N=c4cc(Cl)c(Cl)cc4=N3)nc2)s1. The summed E-state index contributed by atoms with van der Waals surface area (Å²) in [5.41, 5.74) is 0. The Morgan fingerprint density at radius 1 is 1.12 bits per heavy atom. The van der Waals surface area contributed by atoms with Crippen LogP contribution < -0.4 is 26.2 Å². The number of fused-ring (bicyclic) bond motifs is 1. The van der Waals surface area contributed by atoms with Crippen LogP contribution in [0.2, 0.25) is 10.0 Å². The summed E-state index contributed by atoms with van der Waals surface area (Å²) >= 11 is 12.9. The standard InChI is InChI=1S/C16H8Cl2N4O2S/c17-8-4-11-12(5-9(8)18)21-14(20-11)10-2-1-7(6-19-10)3-13-15(23)22-16(24)25-13/h1-6,23H,(H,22,24). The van der Waals surface area contributed by atoms with E-state index in [-0.39, 0.29) is 10.8 Å². The maximum Gasteiger partial charge on any atom is 0.307 e. The first-order valence-corrected chi connectivity index (χ1v) is 8.59. The predicted octanol–water partition coefficient (Wildman–Crippen LogP) is 0.691. The number of aromatic hydroxyl groups is 1. The molecule has 9 heteroatoms. The molecule has 3 aromatic rings. The van der Waals surface area contributed by atoms with E-state index < -0.39 is 0 Å². The molecule has 0 fully saturated rings. The van der Waals surface area contributed by atoms with Crippen LogP contribution in [-0.2, 0) is 0 Å². The van der Waals surface area contributed by atoms with E-state index in [9.17, 15) is 9.90 Å². The molecule has 1 aromatic carbocycles. The van der Waals surface area contributed by atoms with E-state index >= 15 is 0 Å². The van der Waals surface area contributed by atoms with Gasteiger partial charge in [-0.25, -0.2) is 9.98 Å². The maximum atomic E-state index is 11.2. The van der Waals surface area contributed by atoms with Gasteiger partial charge in [-0.2, -0.15) is 0 Å². The van der Waals surface area contributed by atoms with E-state index in [2.05, 4.69) is 20.0 Å². The van der Waals surface area contributed by atoms with Crippen molar-refractivity contribution in [3.05, 3.63) is 76.3 Å². The number of H-pyrrole nitrogens is 1. The number of hydrogen-bond donors (Lipinski definition) is 2. The lowest BCUT2D eigenvalue weighted by Gasteiger charge is -1.91. The summed E-state index contributed by atoms with van der Waals surface area (Å²) in [6, 6.07) is 6.88. The molecule has 0 amide bonds. The monoisotopic (exact) mass is 390 g/mol. The first kappa shape index (κ1) is 16.0. The summed E-state index contributed by atoms with van der Waals surface area (Å²) < 4.78 is 0. The molecular weight excluding hydrogens is 383 g/mol. The highest BCUT2D eigenvalue weighted by atomic mass is 35.5. The first-order valence-electron chi connectivity index (χ1n) is 7.02. The van der Waals surface area contributed by atoms with Gasteiger partial charge >= 0.3 is 4.87 Å². The van der Waals surface area contributed by atoms with Gasteiger partial charge in [0.15, 0.2) is 5.82 Å². The lowest BCUT2D eigenvalue weighted by Crippen LogP contribution is -2.20. The third-order valence-corrected chi connectivity index (χ3v) is 4.98. The number of nitrogens with one attached hydrogen (secondary N) is 1.